The van der Waals surface area contributed by atoms with Gasteiger partial charge in [-0.05, 0) is 75.4 Å². The van der Waals surface area contributed by atoms with E-state index in [1.54, 1.807) is 12.4 Å². The minimum absolute atomic E-state index is 0.416. The largest absolute Gasteiger partial charge is 0.443 e. The van der Waals surface area contributed by atoms with Gasteiger partial charge in [0.15, 0.2) is 5.65 Å². The molecule has 154 valence electrons. The maximum atomic E-state index is 12.5. The summed E-state index contributed by atoms with van der Waals surface area (Å²) in [5.41, 5.74) is 2.07. The fraction of sp³-hybridized carbons (Fsp3) is 0.476. The van der Waals surface area contributed by atoms with Crippen molar-refractivity contribution in [3.63, 3.8) is 0 Å². The van der Waals surface area contributed by atoms with E-state index in [1.165, 1.54) is 30.5 Å². The Morgan fingerprint density at radius 1 is 1.14 bits per heavy atom. The third kappa shape index (κ3) is 4.63. The van der Waals surface area contributed by atoms with E-state index in [9.17, 15) is 4.79 Å². The average Bonchev–Trinajstić information content (AvgIpc) is 3.39. The van der Waals surface area contributed by atoms with Gasteiger partial charge in [0.1, 0.15) is 5.60 Å². The Kier molecular flexibility index (Phi) is 5.65. The van der Waals surface area contributed by atoms with Crippen molar-refractivity contribution >= 4 is 39.7 Å². The summed E-state index contributed by atoms with van der Waals surface area (Å²) in [6.45, 7) is 9.89. The number of pyridine rings is 1. The Hall–Kier alpha value is -1.94. The summed E-state index contributed by atoms with van der Waals surface area (Å²) in [5, 5.41) is 5.44. The minimum Gasteiger partial charge on any atom is -0.443 e. The molecule has 0 atom stereocenters. The fourth-order valence-corrected chi connectivity index (χ4v) is 4.24. The number of carbonyl (C=O) groups excluding carboxylic acids is 1. The van der Waals surface area contributed by atoms with Gasteiger partial charge in [0.25, 0.3) is 0 Å². The van der Waals surface area contributed by atoms with Crippen molar-refractivity contribution in [2.45, 2.75) is 45.8 Å². The number of hydrogen-bond donors (Lipinski definition) is 0. The molecule has 0 amide bonds. The highest BCUT2D eigenvalue weighted by Crippen LogP contribution is 2.27. The van der Waals surface area contributed by atoms with Crippen LogP contribution in [0.2, 0.25) is 0 Å². The quantitative estimate of drug-likeness (QED) is 0.491. The molecule has 0 aromatic carbocycles. The fourth-order valence-electron chi connectivity index (χ4n) is 3.56. The molecule has 3 aromatic heterocycles. The molecule has 1 fully saturated rings. The molecule has 0 aliphatic carbocycles. The SMILES string of the molecule is CC(C)(C)OC(=O)n1cc(I)c2cc(-c3cnn(CCN4CCCC4)c3)cnc21. The van der Waals surface area contributed by atoms with Crippen molar-refractivity contribution in [2.75, 3.05) is 19.6 Å². The lowest BCUT2D eigenvalue weighted by molar-refractivity contribution is 0.0543. The number of fused-ring (bicyclic) bond motifs is 1. The molecule has 0 saturated carbocycles. The number of aromatic nitrogens is 4. The van der Waals surface area contributed by atoms with Gasteiger partial charge in [-0.1, -0.05) is 0 Å². The van der Waals surface area contributed by atoms with Crippen LogP contribution in [-0.2, 0) is 11.3 Å². The second kappa shape index (κ2) is 8.06. The third-order valence-electron chi connectivity index (χ3n) is 5.00. The first-order chi connectivity index (χ1) is 13.8. The lowest BCUT2D eigenvalue weighted by atomic mass is 10.1. The molecule has 0 unspecified atom stereocenters. The van der Waals surface area contributed by atoms with Crippen molar-refractivity contribution in [1.82, 2.24) is 24.2 Å². The van der Waals surface area contributed by atoms with E-state index in [-0.39, 0.29) is 0 Å². The summed E-state index contributed by atoms with van der Waals surface area (Å²) in [4.78, 5) is 19.5. The van der Waals surface area contributed by atoms with Crippen LogP contribution in [0.15, 0.2) is 30.9 Å². The average molecular weight is 507 g/mol. The molecule has 0 radical (unpaired) electrons. The normalized spacial score (nSPS) is 15.3. The van der Waals surface area contributed by atoms with Crippen LogP contribution in [0.4, 0.5) is 4.79 Å². The minimum atomic E-state index is -0.553. The molecular formula is C21H26IN5O2. The van der Waals surface area contributed by atoms with Crippen molar-refractivity contribution in [2.24, 2.45) is 0 Å². The van der Waals surface area contributed by atoms with Gasteiger partial charge in [0.05, 0.1) is 12.7 Å². The van der Waals surface area contributed by atoms with E-state index < -0.39 is 11.7 Å². The topological polar surface area (TPSA) is 65.2 Å². The van der Waals surface area contributed by atoms with Crippen LogP contribution in [0, 0.1) is 3.57 Å². The number of hydrogen-bond acceptors (Lipinski definition) is 5. The molecule has 0 N–H and O–H groups in total. The third-order valence-corrected chi connectivity index (χ3v) is 5.86. The van der Waals surface area contributed by atoms with E-state index in [1.807, 2.05) is 31.6 Å². The first-order valence-electron chi connectivity index (χ1n) is 9.95. The maximum absolute atomic E-state index is 12.5. The zero-order chi connectivity index (χ0) is 20.6. The molecule has 1 saturated heterocycles. The summed E-state index contributed by atoms with van der Waals surface area (Å²) in [5.74, 6) is 0. The zero-order valence-corrected chi connectivity index (χ0v) is 19.2. The number of halogens is 1. The van der Waals surface area contributed by atoms with Crippen LogP contribution >= 0.6 is 22.6 Å². The molecule has 8 heteroatoms. The Labute approximate surface area is 184 Å². The molecule has 4 rings (SSSR count). The van der Waals surface area contributed by atoms with E-state index >= 15 is 0 Å². The molecular weight excluding hydrogens is 481 g/mol. The Bertz CT molecular complexity index is 1030. The highest BCUT2D eigenvalue weighted by Gasteiger charge is 2.21. The molecule has 1 aliphatic heterocycles. The first kappa shape index (κ1) is 20.3. The highest BCUT2D eigenvalue weighted by atomic mass is 127. The highest BCUT2D eigenvalue weighted by molar-refractivity contribution is 14.1. The second-order valence-corrected chi connectivity index (χ2v) is 9.63. The van der Waals surface area contributed by atoms with Gasteiger partial charge in [-0.2, -0.15) is 5.10 Å². The van der Waals surface area contributed by atoms with Crippen LogP contribution in [0.3, 0.4) is 0 Å². The van der Waals surface area contributed by atoms with Crippen LogP contribution in [0.1, 0.15) is 33.6 Å². The van der Waals surface area contributed by atoms with E-state index in [2.05, 4.69) is 49.8 Å². The van der Waals surface area contributed by atoms with Crippen LogP contribution in [0.5, 0.6) is 0 Å². The lowest BCUT2D eigenvalue weighted by Gasteiger charge is -2.19. The van der Waals surface area contributed by atoms with Crippen LogP contribution in [-0.4, -0.2) is 55.6 Å². The number of carbonyl (C=O) groups is 1. The van der Waals surface area contributed by atoms with Crippen molar-refractivity contribution in [3.05, 3.63) is 34.4 Å². The summed E-state index contributed by atoms with van der Waals surface area (Å²) < 4.78 is 9.93. The monoisotopic (exact) mass is 507 g/mol. The summed E-state index contributed by atoms with van der Waals surface area (Å²) in [6, 6.07) is 2.06. The van der Waals surface area contributed by atoms with Gasteiger partial charge in [-0.15, -0.1) is 0 Å². The Morgan fingerprint density at radius 2 is 1.90 bits per heavy atom. The van der Waals surface area contributed by atoms with E-state index in [0.29, 0.717) is 5.65 Å². The molecule has 4 heterocycles. The molecule has 1 aliphatic rings. The van der Waals surface area contributed by atoms with Crippen molar-refractivity contribution < 1.29 is 9.53 Å². The Morgan fingerprint density at radius 3 is 2.62 bits per heavy atom. The lowest BCUT2D eigenvalue weighted by Crippen LogP contribution is -2.26. The van der Waals surface area contributed by atoms with E-state index in [4.69, 9.17) is 4.74 Å². The van der Waals surface area contributed by atoms with Crippen LogP contribution in [0.25, 0.3) is 22.2 Å². The molecule has 7 nitrogen and oxygen atoms in total. The number of rotatable bonds is 4. The molecule has 3 aromatic rings. The van der Waals surface area contributed by atoms with E-state index in [0.717, 1.165) is 33.2 Å². The smallest absolute Gasteiger partial charge is 0.420 e. The molecule has 29 heavy (non-hydrogen) atoms. The van der Waals surface area contributed by atoms with Gasteiger partial charge in [-0.25, -0.2) is 14.3 Å². The van der Waals surface area contributed by atoms with Gasteiger partial charge in [0, 0.05) is 45.2 Å². The van der Waals surface area contributed by atoms with Gasteiger partial charge < -0.3 is 9.64 Å². The Balaban J connectivity index is 1.55. The zero-order valence-electron chi connectivity index (χ0n) is 17.1. The molecule has 0 bridgehead atoms. The summed E-state index contributed by atoms with van der Waals surface area (Å²) in [6.07, 6.45) is 9.70. The molecule has 0 spiro atoms. The predicted molar refractivity (Wildman–Crippen MR) is 121 cm³/mol. The second-order valence-electron chi connectivity index (χ2n) is 8.46. The maximum Gasteiger partial charge on any atom is 0.420 e. The number of ether oxygens (including phenoxy) is 1. The van der Waals surface area contributed by atoms with Crippen molar-refractivity contribution in [3.8, 4) is 11.1 Å². The number of nitrogens with zero attached hydrogens (tertiary/aromatic N) is 5. The van der Waals surface area contributed by atoms with Gasteiger partial charge in [0.2, 0.25) is 0 Å². The van der Waals surface area contributed by atoms with Crippen LogP contribution < -0.4 is 0 Å². The predicted octanol–water partition coefficient (Wildman–Crippen LogP) is 4.38. The first-order valence-corrected chi connectivity index (χ1v) is 11.0. The summed E-state index contributed by atoms with van der Waals surface area (Å²) >= 11 is 2.23. The van der Waals surface area contributed by atoms with Gasteiger partial charge >= 0.3 is 6.09 Å². The summed E-state index contributed by atoms with van der Waals surface area (Å²) in [7, 11) is 0. The van der Waals surface area contributed by atoms with Gasteiger partial charge in [-0.3, -0.25) is 4.68 Å². The van der Waals surface area contributed by atoms with Crippen molar-refractivity contribution in [1.29, 1.82) is 0 Å². The standard InChI is InChI=1S/C21H26IN5O2/c1-21(2,3)29-20(28)27-14-18(22)17-10-15(11-23-19(17)27)16-12-24-26(13-16)9-8-25-6-4-5-7-25/h10-14H,4-9H2,1-3H3. The number of likely N-dealkylation sites (tertiary alicyclic amines) is 1.